The lowest BCUT2D eigenvalue weighted by Crippen LogP contribution is -2.14. The Bertz CT molecular complexity index is 1260. The first-order valence-corrected chi connectivity index (χ1v) is 12.4. The van der Waals surface area contributed by atoms with Gasteiger partial charge in [0, 0.05) is 16.7 Å². The number of benzene rings is 3. The van der Waals surface area contributed by atoms with Gasteiger partial charge in [-0.2, -0.15) is 0 Å². The number of halogens is 1. The minimum atomic E-state index is -0.275. The molecule has 0 aromatic heterocycles. The van der Waals surface area contributed by atoms with Crippen LogP contribution in [0.3, 0.4) is 0 Å². The van der Waals surface area contributed by atoms with Gasteiger partial charge in [0.1, 0.15) is 5.82 Å². The molecule has 1 aliphatic rings. The quantitative estimate of drug-likeness (QED) is 0.349. The fraction of sp³-hybridized carbons (Fsp3) is 0.333. The van der Waals surface area contributed by atoms with Crippen molar-refractivity contribution in [3.63, 3.8) is 0 Å². The van der Waals surface area contributed by atoms with Crippen LogP contribution in [0.15, 0.2) is 54.6 Å². The van der Waals surface area contributed by atoms with Gasteiger partial charge in [0.25, 0.3) is 0 Å². The third-order valence-corrected chi connectivity index (χ3v) is 6.94. The summed E-state index contributed by atoms with van der Waals surface area (Å²) in [4.78, 5) is 0. The molecule has 0 unspecified atom stereocenters. The highest BCUT2D eigenvalue weighted by Gasteiger charge is 2.18. The molecule has 172 valence electrons. The van der Waals surface area contributed by atoms with Crippen LogP contribution in [-0.2, 0) is 6.42 Å². The van der Waals surface area contributed by atoms with E-state index in [1.807, 2.05) is 25.1 Å². The molecule has 0 amide bonds. The molecule has 1 saturated carbocycles. The van der Waals surface area contributed by atoms with Gasteiger partial charge in [-0.15, -0.1) is 0 Å². The second kappa shape index (κ2) is 10.8. The molecule has 0 radical (unpaired) electrons. The molecule has 0 nitrogen and oxygen atoms in total. The molecule has 0 atom stereocenters. The van der Waals surface area contributed by atoms with E-state index in [4.69, 9.17) is 0 Å². The minimum absolute atomic E-state index is 0.275. The van der Waals surface area contributed by atoms with E-state index in [1.165, 1.54) is 43.7 Å². The number of aryl methyl sites for hydroxylation is 3. The van der Waals surface area contributed by atoms with Crippen molar-refractivity contribution < 1.29 is 4.39 Å². The summed E-state index contributed by atoms with van der Waals surface area (Å²) >= 11 is 0. The molecule has 0 aliphatic heterocycles. The van der Waals surface area contributed by atoms with E-state index in [2.05, 4.69) is 68.7 Å². The molecule has 4 rings (SSSR count). The summed E-state index contributed by atoms with van der Waals surface area (Å²) in [5.41, 5.74) is 7.87. The van der Waals surface area contributed by atoms with Gasteiger partial charge in [-0.3, -0.25) is 0 Å². The summed E-state index contributed by atoms with van der Waals surface area (Å²) in [6, 6.07) is 18.0. The molecule has 34 heavy (non-hydrogen) atoms. The summed E-state index contributed by atoms with van der Waals surface area (Å²) in [5.74, 6) is 14.2. The third-order valence-electron chi connectivity index (χ3n) is 6.94. The number of hydrogen-bond acceptors (Lipinski definition) is 0. The molecule has 1 heteroatoms. The van der Waals surface area contributed by atoms with Crippen molar-refractivity contribution in [2.75, 3.05) is 0 Å². The second-order valence-electron chi connectivity index (χ2n) is 10.00. The smallest absolute Gasteiger partial charge is 0.139 e. The lowest BCUT2D eigenvalue weighted by Gasteiger charge is -2.26. The molecule has 0 spiro atoms. The Morgan fingerprint density at radius 3 is 2.03 bits per heavy atom. The van der Waals surface area contributed by atoms with Gasteiger partial charge in [-0.25, -0.2) is 4.39 Å². The Labute approximate surface area is 204 Å². The summed E-state index contributed by atoms with van der Waals surface area (Å²) in [7, 11) is 0. The zero-order chi connectivity index (χ0) is 24.1. The molecule has 0 bridgehead atoms. The van der Waals surface area contributed by atoms with Gasteiger partial charge in [-0.05, 0) is 111 Å². The maximum atomic E-state index is 14.1. The van der Waals surface area contributed by atoms with Gasteiger partial charge >= 0.3 is 0 Å². The Morgan fingerprint density at radius 1 is 0.735 bits per heavy atom. The monoisotopic (exact) mass is 448 g/mol. The second-order valence-corrected chi connectivity index (χ2v) is 10.00. The Balaban J connectivity index is 1.46. The van der Waals surface area contributed by atoms with Gasteiger partial charge in [0.2, 0.25) is 0 Å². The first kappa shape index (κ1) is 23.9. The van der Waals surface area contributed by atoms with E-state index in [1.54, 1.807) is 6.07 Å². The fourth-order valence-electron chi connectivity index (χ4n) is 4.82. The molecule has 0 heterocycles. The zero-order valence-corrected chi connectivity index (χ0v) is 20.8. The van der Waals surface area contributed by atoms with E-state index in [-0.39, 0.29) is 5.82 Å². The van der Waals surface area contributed by atoms with Crippen LogP contribution in [0.25, 0.3) is 0 Å². The number of rotatable bonds is 2. The van der Waals surface area contributed by atoms with E-state index < -0.39 is 0 Å². The van der Waals surface area contributed by atoms with E-state index >= 15 is 0 Å². The topological polar surface area (TPSA) is 0 Å². The van der Waals surface area contributed by atoms with Crippen molar-refractivity contribution in [3.8, 4) is 23.7 Å². The van der Waals surface area contributed by atoms with Crippen LogP contribution < -0.4 is 0 Å². The predicted octanol–water partition coefficient (Wildman–Crippen LogP) is 7.92. The van der Waals surface area contributed by atoms with Crippen LogP contribution in [0.5, 0.6) is 0 Å². The van der Waals surface area contributed by atoms with Crippen LogP contribution in [0.2, 0.25) is 0 Å². The standard InChI is InChI=1S/C33H33F/c1-23-5-8-28(9-6-23)22-29-12-10-27(11-13-29)15-18-32-25(3)20-30(21-26(32)4)14-17-31-16-7-24(2)19-33(31)34/h7,10-13,16,19-21,23,28H,5-6,8-9,22H2,1-4H3. The van der Waals surface area contributed by atoms with Crippen molar-refractivity contribution in [3.05, 3.63) is 105 Å². The predicted molar refractivity (Wildman–Crippen MR) is 140 cm³/mol. The summed E-state index contributed by atoms with van der Waals surface area (Å²) < 4.78 is 14.1. The van der Waals surface area contributed by atoms with Crippen LogP contribution in [-0.4, -0.2) is 0 Å². The lowest BCUT2D eigenvalue weighted by atomic mass is 9.80. The summed E-state index contributed by atoms with van der Waals surface area (Å²) in [6.07, 6.45) is 6.66. The van der Waals surface area contributed by atoms with Crippen LogP contribution in [0.4, 0.5) is 4.39 Å². The molecule has 0 saturated heterocycles. The fourth-order valence-corrected chi connectivity index (χ4v) is 4.82. The molecule has 0 N–H and O–H groups in total. The highest BCUT2D eigenvalue weighted by atomic mass is 19.1. The zero-order valence-electron chi connectivity index (χ0n) is 20.8. The van der Waals surface area contributed by atoms with Gasteiger partial charge in [0.15, 0.2) is 0 Å². The summed E-state index contributed by atoms with van der Waals surface area (Å²) in [6.45, 7) is 8.37. The van der Waals surface area contributed by atoms with Crippen molar-refractivity contribution >= 4 is 0 Å². The average molecular weight is 449 g/mol. The van der Waals surface area contributed by atoms with Gasteiger partial charge in [0.05, 0.1) is 5.56 Å². The van der Waals surface area contributed by atoms with Crippen molar-refractivity contribution in [1.29, 1.82) is 0 Å². The first-order chi connectivity index (χ1) is 16.4. The SMILES string of the molecule is Cc1ccc(C#Cc2cc(C)c(C#Cc3ccc(CC4CCC(C)CC4)cc3)c(C)c2)c(F)c1. The van der Waals surface area contributed by atoms with Gasteiger partial charge < -0.3 is 0 Å². The van der Waals surface area contributed by atoms with Crippen molar-refractivity contribution in [2.45, 2.75) is 59.8 Å². The number of hydrogen-bond donors (Lipinski definition) is 0. The lowest BCUT2D eigenvalue weighted by molar-refractivity contribution is 0.289. The van der Waals surface area contributed by atoms with Crippen LogP contribution in [0.1, 0.15) is 77.1 Å². The van der Waals surface area contributed by atoms with Crippen molar-refractivity contribution in [1.82, 2.24) is 0 Å². The average Bonchev–Trinajstić information content (AvgIpc) is 2.80. The van der Waals surface area contributed by atoms with E-state index in [0.29, 0.717) is 5.56 Å². The highest BCUT2D eigenvalue weighted by Crippen LogP contribution is 2.30. The third kappa shape index (κ3) is 6.18. The maximum Gasteiger partial charge on any atom is 0.139 e. The minimum Gasteiger partial charge on any atom is -0.206 e. The normalized spacial score (nSPS) is 17.3. The maximum absolute atomic E-state index is 14.1. The Morgan fingerprint density at radius 2 is 1.38 bits per heavy atom. The molecular weight excluding hydrogens is 415 g/mol. The first-order valence-electron chi connectivity index (χ1n) is 12.4. The Kier molecular flexibility index (Phi) is 7.55. The molecule has 1 aliphatic carbocycles. The van der Waals surface area contributed by atoms with Crippen LogP contribution in [0, 0.1) is 62.1 Å². The van der Waals surface area contributed by atoms with E-state index in [0.717, 1.165) is 45.2 Å². The largest absolute Gasteiger partial charge is 0.206 e. The van der Waals surface area contributed by atoms with Gasteiger partial charge in [-0.1, -0.05) is 61.6 Å². The van der Waals surface area contributed by atoms with Crippen LogP contribution >= 0.6 is 0 Å². The Hall–Kier alpha value is -3.29. The molecule has 3 aromatic rings. The van der Waals surface area contributed by atoms with E-state index in [9.17, 15) is 4.39 Å². The molecule has 1 fully saturated rings. The summed E-state index contributed by atoms with van der Waals surface area (Å²) in [5, 5.41) is 0. The highest BCUT2D eigenvalue weighted by molar-refractivity contribution is 5.55. The molecular formula is C33H33F. The van der Waals surface area contributed by atoms with Crippen molar-refractivity contribution in [2.24, 2.45) is 11.8 Å². The molecule has 3 aromatic carbocycles.